The van der Waals surface area contributed by atoms with E-state index in [0.29, 0.717) is 0 Å². The molecule has 26 heavy (non-hydrogen) atoms. The van der Waals surface area contributed by atoms with Gasteiger partial charge in [0.25, 0.3) is 5.69 Å². The molecule has 1 aromatic carbocycles. The van der Waals surface area contributed by atoms with Gasteiger partial charge in [0.2, 0.25) is 11.8 Å². The Hall–Kier alpha value is -2.62. The van der Waals surface area contributed by atoms with Crippen LogP contribution in [0.4, 0.5) is 5.69 Å². The van der Waals surface area contributed by atoms with Gasteiger partial charge in [0.1, 0.15) is 0 Å². The van der Waals surface area contributed by atoms with Crippen molar-refractivity contribution in [2.45, 2.75) is 37.6 Å². The number of hydrogen-bond acceptors (Lipinski definition) is 6. The summed E-state index contributed by atoms with van der Waals surface area (Å²) in [6, 6.07) is 3.76. The molecule has 1 unspecified atom stereocenters. The van der Waals surface area contributed by atoms with Crippen LogP contribution in [-0.2, 0) is 9.59 Å². The van der Waals surface area contributed by atoms with Crippen molar-refractivity contribution in [1.29, 1.82) is 0 Å². The number of nitrogens with one attached hydrogen (secondary N) is 1. The number of nitrogens with zero attached hydrogens (tertiary/aromatic N) is 1. The maximum atomic E-state index is 12.2. The van der Waals surface area contributed by atoms with Crippen molar-refractivity contribution in [1.82, 2.24) is 5.32 Å². The van der Waals surface area contributed by atoms with E-state index in [-0.39, 0.29) is 34.2 Å². The van der Waals surface area contributed by atoms with Gasteiger partial charge < -0.3 is 16.2 Å². The first-order valence-electron chi connectivity index (χ1n) is 7.70. The van der Waals surface area contributed by atoms with Gasteiger partial charge in [0, 0.05) is 17.2 Å². The molecule has 10 heteroatoms. The Morgan fingerprint density at radius 2 is 2.00 bits per heavy atom. The van der Waals surface area contributed by atoms with E-state index in [2.05, 4.69) is 5.32 Å². The first kappa shape index (κ1) is 21.4. The third-order valence-electron chi connectivity index (χ3n) is 4.02. The zero-order valence-corrected chi connectivity index (χ0v) is 15.5. The number of carbonyl (C=O) groups excluding carboxylic acids is 2. The van der Waals surface area contributed by atoms with Crippen LogP contribution in [0.5, 0.6) is 0 Å². The van der Waals surface area contributed by atoms with Crippen molar-refractivity contribution in [3.8, 4) is 0 Å². The number of carboxylic acids is 1. The fourth-order valence-electron chi connectivity index (χ4n) is 2.14. The molecule has 2 amide bonds. The highest BCUT2D eigenvalue weighted by molar-refractivity contribution is 8.00. The maximum absolute atomic E-state index is 12.2. The summed E-state index contributed by atoms with van der Waals surface area (Å²) < 4.78 is 0. The number of carbonyl (C=O) groups is 3. The molecule has 9 nitrogen and oxygen atoms in total. The largest absolute Gasteiger partial charge is 0.481 e. The number of nitro benzene ring substituents is 1. The molecule has 0 bridgehead atoms. The standard InChI is InChI=1S/C16H21N3O6S/c1-9(2)16(3,7-14(21)22)18-13(20)8-26-12-5-4-10(15(17)23)6-11(12)19(24)25/h4-6,9H,7-8H2,1-3H3,(H2,17,23)(H,18,20)(H,21,22). The van der Waals surface area contributed by atoms with Gasteiger partial charge >= 0.3 is 5.97 Å². The smallest absolute Gasteiger partial charge is 0.305 e. The molecule has 1 rings (SSSR count). The average molecular weight is 383 g/mol. The minimum Gasteiger partial charge on any atom is -0.481 e. The minimum atomic E-state index is -1.04. The Morgan fingerprint density at radius 1 is 1.38 bits per heavy atom. The van der Waals surface area contributed by atoms with E-state index < -0.39 is 28.2 Å². The summed E-state index contributed by atoms with van der Waals surface area (Å²) in [6.45, 7) is 5.23. The number of nitrogens with two attached hydrogens (primary N) is 1. The monoisotopic (exact) mass is 383 g/mol. The Bertz CT molecular complexity index is 737. The van der Waals surface area contributed by atoms with E-state index >= 15 is 0 Å². The number of hydrogen-bond donors (Lipinski definition) is 3. The maximum Gasteiger partial charge on any atom is 0.305 e. The van der Waals surface area contributed by atoms with Crippen LogP contribution >= 0.6 is 11.8 Å². The number of amides is 2. The molecule has 4 N–H and O–H groups in total. The summed E-state index contributed by atoms with van der Waals surface area (Å²) in [5, 5.41) is 22.9. The number of rotatable bonds is 9. The van der Waals surface area contributed by atoms with Crippen molar-refractivity contribution in [3.05, 3.63) is 33.9 Å². The van der Waals surface area contributed by atoms with Crippen LogP contribution in [-0.4, -0.2) is 39.1 Å². The summed E-state index contributed by atoms with van der Waals surface area (Å²) in [5.41, 5.74) is 3.85. The first-order valence-corrected chi connectivity index (χ1v) is 8.68. The van der Waals surface area contributed by atoms with Crippen LogP contribution in [0.25, 0.3) is 0 Å². The topological polar surface area (TPSA) is 153 Å². The second-order valence-corrected chi connectivity index (χ2v) is 7.30. The molecule has 0 aliphatic heterocycles. The molecular formula is C16H21N3O6S. The molecule has 142 valence electrons. The van der Waals surface area contributed by atoms with Gasteiger partial charge in [-0.05, 0) is 25.0 Å². The lowest BCUT2D eigenvalue weighted by Crippen LogP contribution is -2.51. The number of thioether (sulfide) groups is 1. The molecule has 0 heterocycles. The summed E-state index contributed by atoms with van der Waals surface area (Å²) in [5.74, 6) is -2.54. The fraction of sp³-hybridized carbons (Fsp3) is 0.438. The molecule has 0 aliphatic rings. The van der Waals surface area contributed by atoms with Crippen molar-refractivity contribution >= 4 is 35.2 Å². The molecule has 0 fully saturated rings. The SMILES string of the molecule is CC(C)C(C)(CC(=O)O)NC(=O)CSc1ccc(C(N)=O)cc1[N+](=O)[O-]. The molecular weight excluding hydrogens is 362 g/mol. The predicted octanol–water partition coefficient (Wildman–Crippen LogP) is 1.79. The summed E-state index contributed by atoms with van der Waals surface area (Å²) in [7, 11) is 0. The highest BCUT2D eigenvalue weighted by atomic mass is 32.2. The summed E-state index contributed by atoms with van der Waals surface area (Å²) in [4.78, 5) is 45.1. The van der Waals surface area contributed by atoms with Gasteiger partial charge in [0.15, 0.2) is 0 Å². The van der Waals surface area contributed by atoms with Crippen LogP contribution < -0.4 is 11.1 Å². The van der Waals surface area contributed by atoms with E-state index in [1.165, 1.54) is 12.1 Å². The first-order chi connectivity index (χ1) is 12.0. The van der Waals surface area contributed by atoms with Crippen molar-refractivity contribution < 1.29 is 24.4 Å². The van der Waals surface area contributed by atoms with Crippen molar-refractivity contribution in [2.75, 3.05) is 5.75 Å². The van der Waals surface area contributed by atoms with E-state index in [1.54, 1.807) is 20.8 Å². The number of primary amides is 1. The molecule has 0 saturated carbocycles. The molecule has 0 saturated heterocycles. The lowest BCUT2D eigenvalue weighted by molar-refractivity contribution is -0.387. The second-order valence-electron chi connectivity index (χ2n) is 6.28. The van der Waals surface area contributed by atoms with Gasteiger partial charge in [-0.2, -0.15) is 0 Å². The third kappa shape index (κ3) is 5.73. The fourth-order valence-corrected chi connectivity index (χ4v) is 2.94. The number of nitro groups is 1. The van der Waals surface area contributed by atoms with Crippen LogP contribution in [0, 0.1) is 16.0 Å². The van der Waals surface area contributed by atoms with Crippen LogP contribution in [0.1, 0.15) is 37.6 Å². The summed E-state index contributed by atoms with van der Waals surface area (Å²) in [6.07, 6.45) is -0.242. The Balaban J connectivity index is 2.88. The zero-order chi connectivity index (χ0) is 20.1. The number of aliphatic carboxylic acids is 1. The normalized spacial score (nSPS) is 13.1. The molecule has 1 atom stereocenters. The molecule has 0 radical (unpaired) electrons. The lowest BCUT2D eigenvalue weighted by atomic mass is 9.85. The van der Waals surface area contributed by atoms with E-state index in [4.69, 9.17) is 10.8 Å². The van der Waals surface area contributed by atoms with Gasteiger partial charge in [-0.15, -0.1) is 11.8 Å². The lowest BCUT2D eigenvalue weighted by Gasteiger charge is -2.33. The highest BCUT2D eigenvalue weighted by Gasteiger charge is 2.32. The third-order valence-corrected chi connectivity index (χ3v) is 5.08. The zero-order valence-electron chi connectivity index (χ0n) is 14.6. The minimum absolute atomic E-state index is 0.000609. The average Bonchev–Trinajstić information content (AvgIpc) is 2.51. The van der Waals surface area contributed by atoms with Gasteiger partial charge in [-0.1, -0.05) is 13.8 Å². The van der Waals surface area contributed by atoms with E-state index in [9.17, 15) is 24.5 Å². The Morgan fingerprint density at radius 3 is 2.46 bits per heavy atom. The predicted molar refractivity (Wildman–Crippen MR) is 96.0 cm³/mol. The molecule has 0 aromatic heterocycles. The van der Waals surface area contributed by atoms with E-state index in [1.807, 2.05) is 0 Å². The molecule has 0 spiro atoms. The van der Waals surface area contributed by atoms with Crippen molar-refractivity contribution in [2.24, 2.45) is 11.7 Å². The Kier molecular flexibility index (Phi) is 7.13. The van der Waals surface area contributed by atoms with Crippen LogP contribution in [0.2, 0.25) is 0 Å². The Labute approximate surface area is 154 Å². The van der Waals surface area contributed by atoms with E-state index in [0.717, 1.165) is 17.8 Å². The molecule has 0 aliphatic carbocycles. The van der Waals surface area contributed by atoms with Gasteiger partial charge in [0.05, 0.1) is 22.0 Å². The molecule has 1 aromatic rings. The quantitative estimate of drug-likeness (QED) is 0.334. The van der Waals surface area contributed by atoms with Crippen molar-refractivity contribution in [3.63, 3.8) is 0 Å². The number of benzene rings is 1. The van der Waals surface area contributed by atoms with Crippen LogP contribution in [0.3, 0.4) is 0 Å². The number of carboxylic acid groups (broad SMARTS) is 1. The van der Waals surface area contributed by atoms with Gasteiger partial charge in [-0.3, -0.25) is 24.5 Å². The summed E-state index contributed by atoms with van der Waals surface area (Å²) >= 11 is 0.922. The second kappa shape index (κ2) is 8.65. The van der Waals surface area contributed by atoms with Crippen LogP contribution in [0.15, 0.2) is 23.1 Å². The van der Waals surface area contributed by atoms with Gasteiger partial charge in [-0.25, -0.2) is 0 Å². The highest BCUT2D eigenvalue weighted by Crippen LogP contribution is 2.30.